The summed E-state index contributed by atoms with van der Waals surface area (Å²) in [6.45, 7) is 0.857. The van der Waals surface area contributed by atoms with E-state index in [9.17, 15) is 23.1 Å². The van der Waals surface area contributed by atoms with Crippen molar-refractivity contribution in [3.63, 3.8) is 0 Å². The zero-order valence-electron chi connectivity index (χ0n) is 14.8. The quantitative estimate of drug-likeness (QED) is 0.799. The highest BCUT2D eigenvalue weighted by molar-refractivity contribution is 5.95. The maximum Gasteiger partial charge on any atom is 0.257 e. The van der Waals surface area contributed by atoms with Crippen LogP contribution < -0.4 is 0 Å². The molecule has 1 unspecified atom stereocenters. The maximum absolute atomic E-state index is 14.2. The van der Waals surface area contributed by atoms with Crippen LogP contribution >= 0.6 is 0 Å². The molecule has 0 spiro atoms. The summed E-state index contributed by atoms with van der Waals surface area (Å²) in [5.41, 5.74) is -0.748. The van der Waals surface area contributed by atoms with E-state index in [0.717, 1.165) is 19.3 Å². The number of aromatic nitrogens is 2. The molecule has 0 bridgehead atoms. The predicted molar refractivity (Wildman–Crippen MR) is 87.8 cm³/mol. The lowest BCUT2D eigenvalue weighted by atomic mass is 10.0. The number of amides is 1. The Morgan fingerprint density at radius 3 is 2.64 bits per heavy atom. The van der Waals surface area contributed by atoms with Gasteiger partial charge in [-0.3, -0.25) is 4.79 Å². The van der Waals surface area contributed by atoms with Crippen LogP contribution in [0.15, 0.2) is 10.5 Å². The van der Waals surface area contributed by atoms with E-state index in [1.807, 2.05) is 0 Å². The monoisotopic (exact) mass is 397 g/mol. The van der Waals surface area contributed by atoms with Crippen molar-refractivity contribution in [1.82, 2.24) is 15.1 Å². The number of piperidine rings is 1. The Balaban J connectivity index is 1.63. The first-order valence-electron chi connectivity index (χ1n) is 9.09. The fraction of sp³-hybridized carbons (Fsp3) is 0.500. The highest BCUT2D eigenvalue weighted by atomic mass is 19.2. The minimum absolute atomic E-state index is 0.186. The molecule has 2 aliphatic heterocycles. The Hall–Kier alpha value is -2.62. The van der Waals surface area contributed by atoms with Crippen LogP contribution in [-0.4, -0.2) is 39.3 Å². The Morgan fingerprint density at radius 1 is 1.11 bits per heavy atom. The SMILES string of the molecule is O=C(c1cc(F)c(F)c(O)c1F)N1CCCCC1c1nnc([C@H]2CCCO2)o1. The summed E-state index contributed by atoms with van der Waals surface area (Å²) < 4.78 is 52.4. The number of likely N-dealkylation sites (tertiary alicyclic amines) is 1. The first-order chi connectivity index (χ1) is 13.5. The number of hydrogen-bond acceptors (Lipinski definition) is 6. The summed E-state index contributed by atoms with van der Waals surface area (Å²) >= 11 is 0. The second-order valence-corrected chi connectivity index (χ2v) is 6.87. The van der Waals surface area contributed by atoms with Crippen molar-refractivity contribution in [3.05, 3.63) is 40.9 Å². The van der Waals surface area contributed by atoms with Crippen molar-refractivity contribution in [1.29, 1.82) is 0 Å². The Kier molecular flexibility index (Phi) is 4.96. The summed E-state index contributed by atoms with van der Waals surface area (Å²) in [6.07, 6.45) is 3.28. The molecule has 3 heterocycles. The lowest BCUT2D eigenvalue weighted by molar-refractivity contribution is 0.0543. The number of hydrogen-bond donors (Lipinski definition) is 1. The molecule has 0 aliphatic carbocycles. The minimum Gasteiger partial charge on any atom is -0.503 e. The van der Waals surface area contributed by atoms with Crippen LogP contribution in [0.25, 0.3) is 0 Å². The normalized spacial score (nSPS) is 22.6. The highest BCUT2D eigenvalue weighted by Gasteiger charge is 2.36. The van der Waals surface area contributed by atoms with Gasteiger partial charge in [-0.15, -0.1) is 10.2 Å². The van der Waals surface area contributed by atoms with Crippen LogP contribution in [-0.2, 0) is 4.74 Å². The molecule has 4 rings (SSSR count). The van der Waals surface area contributed by atoms with Gasteiger partial charge in [0.1, 0.15) is 12.1 Å². The largest absolute Gasteiger partial charge is 0.503 e. The molecule has 150 valence electrons. The van der Waals surface area contributed by atoms with E-state index in [2.05, 4.69) is 10.2 Å². The third-order valence-electron chi connectivity index (χ3n) is 5.07. The number of nitrogens with zero attached hydrogens (tertiary/aromatic N) is 3. The van der Waals surface area contributed by atoms with Crippen molar-refractivity contribution in [3.8, 4) is 5.75 Å². The molecule has 2 fully saturated rings. The standard InChI is InChI=1S/C18H18F3N3O4/c19-10-8-9(13(20)15(25)14(10)21)18(26)24-6-2-1-4-11(24)16-22-23-17(28-16)12-5-3-7-27-12/h8,11-12,25H,1-7H2/t11?,12-/m1/s1. The molecule has 1 amide bonds. The first-order valence-corrected chi connectivity index (χ1v) is 9.09. The molecule has 7 nitrogen and oxygen atoms in total. The number of rotatable bonds is 3. The van der Waals surface area contributed by atoms with Gasteiger partial charge in [-0.05, 0) is 38.2 Å². The number of phenols is 1. The van der Waals surface area contributed by atoms with Crippen molar-refractivity contribution < 1.29 is 32.2 Å². The molecular formula is C18H18F3N3O4. The number of carbonyl (C=O) groups is 1. The average molecular weight is 397 g/mol. The molecule has 1 aromatic heterocycles. The van der Waals surface area contributed by atoms with Crippen molar-refractivity contribution in [2.24, 2.45) is 0 Å². The molecule has 10 heteroatoms. The molecular weight excluding hydrogens is 379 g/mol. The number of carbonyl (C=O) groups excluding carboxylic acids is 1. The van der Waals surface area contributed by atoms with Gasteiger partial charge in [0.15, 0.2) is 17.4 Å². The topological polar surface area (TPSA) is 88.7 Å². The maximum atomic E-state index is 14.2. The van der Waals surface area contributed by atoms with E-state index < -0.39 is 40.7 Å². The lowest BCUT2D eigenvalue weighted by Crippen LogP contribution is -2.39. The first kappa shape index (κ1) is 18.7. The van der Waals surface area contributed by atoms with Crippen LogP contribution in [0, 0.1) is 17.5 Å². The minimum atomic E-state index is -1.73. The Labute approximate surface area is 158 Å². The van der Waals surface area contributed by atoms with Crippen LogP contribution in [0.5, 0.6) is 5.75 Å². The third kappa shape index (κ3) is 3.21. The molecule has 1 aromatic carbocycles. The number of phenolic OH excluding ortho intramolecular Hbond substituents is 1. The zero-order valence-corrected chi connectivity index (χ0v) is 14.8. The van der Waals surface area contributed by atoms with E-state index in [4.69, 9.17) is 9.15 Å². The van der Waals surface area contributed by atoms with Gasteiger partial charge in [0.25, 0.3) is 5.91 Å². The van der Waals surface area contributed by atoms with Gasteiger partial charge in [-0.2, -0.15) is 4.39 Å². The molecule has 28 heavy (non-hydrogen) atoms. The van der Waals surface area contributed by atoms with E-state index in [-0.39, 0.29) is 18.5 Å². The Morgan fingerprint density at radius 2 is 1.89 bits per heavy atom. The smallest absolute Gasteiger partial charge is 0.257 e. The molecule has 1 N–H and O–H groups in total. The highest BCUT2D eigenvalue weighted by Crippen LogP contribution is 2.35. The van der Waals surface area contributed by atoms with Crippen LogP contribution in [0.2, 0.25) is 0 Å². The van der Waals surface area contributed by atoms with Crippen LogP contribution in [0.1, 0.15) is 66.4 Å². The Bertz CT molecular complexity index is 898. The van der Waals surface area contributed by atoms with Gasteiger partial charge in [-0.1, -0.05) is 0 Å². The van der Waals surface area contributed by atoms with Crippen molar-refractivity contribution in [2.75, 3.05) is 13.2 Å². The number of benzene rings is 1. The molecule has 0 radical (unpaired) electrons. The van der Waals surface area contributed by atoms with Crippen LogP contribution in [0.3, 0.4) is 0 Å². The summed E-state index contributed by atoms with van der Waals surface area (Å²) in [4.78, 5) is 14.1. The summed E-state index contributed by atoms with van der Waals surface area (Å²) in [7, 11) is 0. The molecule has 2 aromatic rings. The molecule has 0 saturated carbocycles. The van der Waals surface area contributed by atoms with Gasteiger partial charge in [0.2, 0.25) is 17.6 Å². The summed E-state index contributed by atoms with van der Waals surface area (Å²) in [6, 6.07) is -0.178. The molecule has 2 aliphatic rings. The van der Waals surface area contributed by atoms with E-state index in [1.165, 1.54) is 4.90 Å². The number of aromatic hydroxyl groups is 1. The average Bonchev–Trinajstić information content (AvgIpc) is 3.40. The zero-order chi connectivity index (χ0) is 19.8. The lowest BCUT2D eigenvalue weighted by Gasteiger charge is -2.33. The van der Waals surface area contributed by atoms with Gasteiger partial charge in [0, 0.05) is 13.2 Å². The van der Waals surface area contributed by atoms with Crippen LogP contribution in [0.4, 0.5) is 13.2 Å². The van der Waals surface area contributed by atoms with E-state index in [0.29, 0.717) is 31.4 Å². The fourth-order valence-corrected chi connectivity index (χ4v) is 3.62. The molecule has 2 saturated heterocycles. The van der Waals surface area contributed by atoms with Gasteiger partial charge in [0.05, 0.1) is 5.56 Å². The number of halogens is 3. The summed E-state index contributed by atoms with van der Waals surface area (Å²) in [5, 5.41) is 17.4. The number of ether oxygens (including phenoxy) is 1. The summed E-state index contributed by atoms with van der Waals surface area (Å²) in [5.74, 6) is -6.63. The molecule has 2 atom stereocenters. The van der Waals surface area contributed by atoms with Gasteiger partial charge >= 0.3 is 0 Å². The van der Waals surface area contributed by atoms with Gasteiger partial charge < -0.3 is 19.2 Å². The second-order valence-electron chi connectivity index (χ2n) is 6.87. The second kappa shape index (κ2) is 7.42. The van der Waals surface area contributed by atoms with Crippen molar-refractivity contribution >= 4 is 5.91 Å². The van der Waals surface area contributed by atoms with Gasteiger partial charge in [-0.25, -0.2) is 8.78 Å². The van der Waals surface area contributed by atoms with E-state index in [1.54, 1.807) is 0 Å². The fourth-order valence-electron chi connectivity index (χ4n) is 3.62. The third-order valence-corrected chi connectivity index (χ3v) is 5.07. The van der Waals surface area contributed by atoms with Crippen molar-refractivity contribution in [2.45, 2.75) is 44.2 Å². The van der Waals surface area contributed by atoms with E-state index >= 15 is 0 Å². The predicted octanol–water partition coefficient (Wildman–Crippen LogP) is 3.41.